The molecule has 0 atom stereocenters. The van der Waals surface area contributed by atoms with Crippen LogP contribution < -0.4 is 0 Å². The summed E-state index contributed by atoms with van der Waals surface area (Å²) in [5, 5.41) is 8.57. The van der Waals surface area contributed by atoms with Crippen molar-refractivity contribution in [3.8, 4) is 6.07 Å². The molecule has 78 valence electrons. The Kier molecular flexibility index (Phi) is 3.38. The standard InChI is InChI=1S/C11H12NO2S/c1-15(2,14)8-11(13)10-5-3-9(7-12)4-6-10/h3-6H,8H2,1-2H3/q+1. The first-order valence-corrected chi connectivity index (χ1v) is 6.92. The molecule has 0 heterocycles. The van der Waals surface area contributed by atoms with E-state index in [9.17, 15) is 9.00 Å². The van der Waals surface area contributed by atoms with Crippen molar-refractivity contribution < 1.29 is 9.00 Å². The summed E-state index contributed by atoms with van der Waals surface area (Å²) in [6.45, 7) is 0. The minimum atomic E-state index is -2.05. The lowest BCUT2D eigenvalue weighted by atomic mass is 10.1. The molecular weight excluding hydrogens is 210 g/mol. The molecule has 3 nitrogen and oxygen atoms in total. The largest absolute Gasteiger partial charge is 0.289 e. The van der Waals surface area contributed by atoms with Gasteiger partial charge in [-0.05, 0) is 24.3 Å². The minimum absolute atomic E-state index is 0.0545. The fourth-order valence-electron chi connectivity index (χ4n) is 1.13. The van der Waals surface area contributed by atoms with E-state index in [-0.39, 0.29) is 11.5 Å². The van der Waals surface area contributed by atoms with Gasteiger partial charge in [-0.2, -0.15) is 5.26 Å². The van der Waals surface area contributed by atoms with Crippen LogP contribution in [-0.4, -0.2) is 24.0 Å². The Morgan fingerprint density at radius 1 is 1.33 bits per heavy atom. The van der Waals surface area contributed by atoms with Crippen molar-refractivity contribution in [1.29, 1.82) is 5.26 Å². The average molecular weight is 222 g/mol. The lowest BCUT2D eigenvalue weighted by Gasteiger charge is -2.00. The number of carbonyl (C=O) groups is 1. The van der Waals surface area contributed by atoms with E-state index >= 15 is 0 Å². The minimum Gasteiger partial charge on any atom is -0.289 e. The summed E-state index contributed by atoms with van der Waals surface area (Å²) in [5.74, 6) is -0.0895. The van der Waals surface area contributed by atoms with Crippen molar-refractivity contribution in [3.05, 3.63) is 35.4 Å². The molecule has 1 aromatic carbocycles. The van der Waals surface area contributed by atoms with Crippen LogP contribution in [0.1, 0.15) is 15.9 Å². The number of ketones is 1. The number of Topliss-reactive ketones (excluding diaryl/α,β-unsaturated/α-hetero) is 1. The van der Waals surface area contributed by atoms with Crippen LogP contribution in [0, 0.1) is 11.3 Å². The molecule has 0 aliphatic carbocycles. The molecule has 0 spiro atoms. The quantitative estimate of drug-likeness (QED) is 0.575. The van der Waals surface area contributed by atoms with Gasteiger partial charge in [0.25, 0.3) is 0 Å². The van der Waals surface area contributed by atoms with E-state index in [0.29, 0.717) is 11.1 Å². The molecule has 0 saturated carbocycles. The Morgan fingerprint density at radius 2 is 1.87 bits per heavy atom. The average Bonchev–Trinajstić information content (AvgIpc) is 2.15. The number of nitriles is 1. The summed E-state index contributed by atoms with van der Waals surface area (Å²) in [5.41, 5.74) is 1.02. The SMILES string of the molecule is C[S+](C)(=O)CC(=O)c1ccc(C#N)cc1. The van der Waals surface area contributed by atoms with Gasteiger partial charge in [-0.1, -0.05) is 0 Å². The summed E-state index contributed by atoms with van der Waals surface area (Å²) in [6, 6.07) is 8.32. The number of benzene rings is 1. The van der Waals surface area contributed by atoms with Crippen molar-refractivity contribution in [2.45, 2.75) is 0 Å². The topological polar surface area (TPSA) is 57.9 Å². The molecule has 0 radical (unpaired) electrons. The van der Waals surface area contributed by atoms with Crippen LogP contribution in [0.2, 0.25) is 0 Å². The highest BCUT2D eigenvalue weighted by Crippen LogP contribution is 2.07. The molecule has 4 heteroatoms. The third-order valence-electron chi connectivity index (χ3n) is 1.81. The van der Waals surface area contributed by atoms with Crippen LogP contribution >= 0.6 is 0 Å². The molecule has 0 N–H and O–H groups in total. The molecule has 0 bridgehead atoms. The summed E-state index contributed by atoms with van der Waals surface area (Å²) >= 11 is 0. The van der Waals surface area contributed by atoms with Crippen LogP contribution in [-0.2, 0) is 14.1 Å². The lowest BCUT2D eigenvalue weighted by Crippen LogP contribution is -2.19. The van der Waals surface area contributed by atoms with Gasteiger partial charge < -0.3 is 0 Å². The smallest absolute Gasteiger partial charge is 0.211 e. The van der Waals surface area contributed by atoms with Crippen LogP contribution in [0.25, 0.3) is 0 Å². The zero-order valence-electron chi connectivity index (χ0n) is 8.69. The predicted octanol–water partition coefficient (Wildman–Crippen LogP) is 1.50. The highest BCUT2D eigenvalue weighted by atomic mass is 32.2. The maximum absolute atomic E-state index is 11.6. The van der Waals surface area contributed by atoms with Gasteiger partial charge in [0.15, 0.2) is 5.75 Å². The van der Waals surface area contributed by atoms with Crippen LogP contribution in [0.5, 0.6) is 0 Å². The first kappa shape index (κ1) is 11.6. The predicted molar refractivity (Wildman–Crippen MR) is 60.3 cm³/mol. The van der Waals surface area contributed by atoms with Gasteiger partial charge in [0.05, 0.1) is 21.6 Å². The number of carbonyl (C=O) groups excluding carboxylic acids is 1. The number of rotatable bonds is 3. The molecular formula is C11H12NO2S+. The second-order valence-corrected chi connectivity index (χ2v) is 6.86. The molecule has 1 rings (SSSR count). The normalized spacial score (nSPS) is 10.7. The Labute approximate surface area is 90.2 Å². The van der Waals surface area contributed by atoms with E-state index in [1.165, 1.54) is 0 Å². The highest BCUT2D eigenvalue weighted by Gasteiger charge is 2.20. The number of hydrogen-bond acceptors (Lipinski definition) is 3. The third-order valence-corrected chi connectivity index (χ3v) is 2.77. The van der Waals surface area contributed by atoms with Crippen LogP contribution in [0.4, 0.5) is 0 Å². The maximum atomic E-state index is 11.6. The Bertz CT molecular complexity index is 450. The third kappa shape index (κ3) is 3.64. The molecule has 0 unspecified atom stereocenters. The van der Waals surface area contributed by atoms with Gasteiger partial charge in [-0.3, -0.25) is 4.79 Å². The molecule has 0 aliphatic rings. The van der Waals surface area contributed by atoms with E-state index in [4.69, 9.17) is 5.26 Å². The fraction of sp³-hybridized carbons (Fsp3) is 0.273. The van der Waals surface area contributed by atoms with Gasteiger partial charge in [0.2, 0.25) is 5.78 Å². The van der Waals surface area contributed by atoms with Crippen LogP contribution in [0.15, 0.2) is 24.3 Å². The van der Waals surface area contributed by atoms with E-state index in [1.807, 2.05) is 6.07 Å². The van der Waals surface area contributed by atoms with Gasteiger partial charge in [0.1, 0.15) is 12.5 Å². The van der Waals surface area contributed by atoms with Gasteiger partial charge in [-0.15, -0.1) is 4.21 Å². The maximum Gasteiger partial charge on any atom is 0.211 e. The second-order valence-electron chi connectivity index (χ2n) is 3.69. The van der Waals surface area contributed by atoms with Crippen molar-refractivity contribution in [1.82, 2.24) is 0 Å². The van der Waals surface area contributed by atoms with Crippen LogP contribution in [0.3, 0.4) is 0 Å². The first-order valence-electron chi connectivity index (χ1n) is 4.37. The van der Waals surface area contributed by atoms with Gasteiger partial charge in [0, 0.05) is 5.56 Å². The molecule has 0 aromatic heterocycles. The Balaban J connectivity index is 2.85. The van der Waals surface area contributed by atoms with Crippen molar-refractivity contribution in [2.75, 3.05) is 18.3 Å². The van der Waals surface area contributed by atoms with Gasteiger partial charge in [-0.25, -0.2) is 0 Å². The van der Waals surface area contributed by atoms with Crippen molar-refractivity contribution in [2.24, 2.45) is 0 Å². The summed E-state index contributed by atoms with van der Waals surface area (Å²) in [7, 11) is -2.05. The van der Waals surface area contributed by atoms with Gasteiger partial charge >= 0.3 is 0 Å². The van der Waals surface area contributed by atoms with E-state index in [2.05, 4.69) is 0 Å². The monoisotopic (exact) mass is 222 g/mol. The number of nitrogens with zero attached hydrogens (tertiary/aromatic N) is 1. The molecule has 0 saturated heterocycles. The van der Waals surface area contributed by atoms with E-state index in [1.54, 1.807) is 36.8 Å². The van der Waals surface area contributed by atoms with Crippen molar-refractivity contribution >= 4 is 15.7 Å². The first-order chi connectivity index (χ1) is 6.92. The fourth-order valence-corrected chi connectivity index (χ4v) is 1.93. The van der Waals surface area contributed by atoms with E-state index in [0.717, 1.165) is 0 Å². The molecule has 0 amide bonds. The summed E-state index contributed by atoms with van der Waals surface area (Å²) in [6.07, 6.45) is 3.13. The molecule has 15 heavy (non-hydrogen) atoms. The molecule has 1 aromatic rings. The Morgan fingerprint density at radius 3 is 2.27 bits per heavy atom. The zero-order chi connectivity index (χ0) is 11.5. The summed E-state index contributed by atoms with van der Waals surface area (Å²) in [4.78, 5) is 11.6. The zero-order valence-corrected chi connectivity index (χ0v) is 9.50. The van der Waals surface area contributed by atoms with E-state index < -0.39 is 9.93 Å². The Hall–Kier alpha value is -1.47. The second kappa shape index (κ2) is 4.37. The lowest BCUT2D eigenvalue weighted by molar-refractivity contribution is 0.102. The summed E-state index contributed by atoms with van der Waals surface area (Å²) < 4.78 is 11.4. The molecule has 0 fully saturated rings. The molecule has 0 aliphatic heterocycles. The highest BCUT2D eigenvalue weighted by molar-refractivity contribution is 8.02. The van der Waals surface area contributed by atoms with Crippen molar-refractivity contribution in [3.63, 3.8) is 0 Å². The number of hydrogen-bond donors (Lipinski definition) is 0.